The molecule has 1 N–H and O–H groups in total. The molecule has 1 aromatic rings. The first kappa shape index (κ1) is 14.9. The van der Waals surface area contributed by atoms with E-state index in [2.05, 4.69) is 38.3 Å². The molecule has 19 heavy (non-hydrogen) atoms. The highest BCUT2D eigenvalue weighted by molar-refractivity contribution is 6.30. The van der Waals surface area contributed by atoms with Crippen molar-refractivity contribution in [1.82, 2.24) is 5.32 Å². The third kappa shape index (κ3) is 4.22. The van der Waals surface area contributed by atoms with Crippen LogP contribution in [0.3, 0.4) is 0 Å². The Balaban J connectivity index is 2.06. The fraction of sp³-hybridized carbons (Fsp3) is 0.647. The minimum atomic E-state index is 0.501. The van der Waals surface area contributed by atoms with Crippen LogP contribution in [0.4, 0.5) is 0 Å². The number of benzene rings is 1. The van der Waals surface area contributed by atoms with Gasteiger partial charge < -0.3 is 5.32 Å². The van der Waals surface area contributed by atoms with Crippen LogP contribution in [0.1, 0.15) is 38.7 Å². The van der Waals surface area contributed by atoms with Crippen molar-refractivity contribution in [2.75, 3.05) is 13.6 Å². The molecule has 1 nitrogen and oxygen atoms in total. The molecule has 2 atom stereocenters. The van der Waals surface area contributed by atoms with Crippen LogP contribution in [-0.4, -0.2) is 13.6 Å². The maximum Gasteiger partial charge on any atom is 0.0406 e. The highest BCUT2D eigenvalue weighted by Crippen LogP contribution is 2.43. The van der Waals surface area contributed by atoms with Crippen molar-refractivity contribution in [2.24, 2.45) is 17.3 Å². The monoisotopic (exact) mass is 279 g/mol. The molecule has 0 heterocycles. The molecule has 0 spiro atoms. The zero-order valence-corrected chi connectivity index (χ0v) is 13.1. The van der Waals surface area contributed by atoms with E-state index in [9.17, 15) is 0 Å². The lowest BCUT2D eigenvalue weighted by Gasteiger charge is -2.41. The van der Waals surface area contributed by atoms with Crippen molar-refractivity contribution in [1.29, 1.82) is 0 Å². The zero-order valence-electron chi connectivity index (χ0n) is 12.4. The number of halogens is 1. The summed E-state index contributed by atoms with van der Waals surface area (Å²) in [5.41, 5.74) is 1.93. The largest absolute Gasteiger partial charge is 0.319 e. The highest BCUT2D eigenvalue weighted by Gasteiger charge is 2.34. The molecule has 0 bridgehead atoms. The lowest BCUT2D eigenvalue weighted by atomic mass is 9.65. The number of nitrogens with one attached hydrogen (secondary N) is 1. The molecule has 2 unspecified atom stereocenters. The van der Waals surface area contributed by atoms with Gasteiger partial charge in [0, 0.05) is 5.02 Å². The summed E-state index contributed by atoms with van der Waals surface area (Å²) in [4.78, 5) is 0. The molecule has 1 aliphatic rings. The quantitative estimate of drug-likeness (QED) is 0.853. The van der Waals surface area contributed by atoms with E-state index in [1.165, 1.54) is 31.2 Å². The van der Waals surface area contributed by atoms with E-state index in [0.717, 1.165) is 23.4 Å². The second kappa shape index (κ2) is 6.28. The number of hydrogen-bond acceptors (Lipinski definition) is 1. The molecule has 106 valence electrons. The van der Waals surface area contributed by atoms with Gasteiger partial charge in [-0.25, -0.2) is 0 Å². The zero-order chi connectivity index (χ0) is 13.9. The van der Waals surface area contributed by atoms with Crippen LogP contribution >= 0.6 is 11.6 Å². The molecule has 0 saturated heterocycles. The summed E-state index contributed by atoms with van der Waals surface area (Å²) < 4.78 is 0. The number of hydrogen-bond donors (Lipinski definition) is 1. The second-order valence-electron chi connectivity index (χ2n) is 6.82. The molecule has 0 radical (unpaired) electrons. The fourth-order valence-corrected chi connectivity index (χ4v) is 3.61. The van der Waals surface area contributed by atoms with Crippen LogP contribution in [0, 0.1) is 17.3 Å². The molecule has 1 aliphatic carbocycles. The Morgan fingerprint density at radius 2 is 1.89 bits per heavy atom. The predicted octanol–water partition coefficient (Wildman–Crippen LogP) is 4.54. The SMILES string of the molecule is CNCC1CCC(C)(C)CC1Cc1ccc(Cl)cc1. The van der Waals surface area contributed by atoms with Gasteiger partial charge in [-0.2, -0.15) is 0 Å². The molecule has 2 rings (SSSR count). The minimum Gasteiger partial charge on any atom is -0.319 e. The lowest BCUT2D eigenvalue weighted by molar-refractivity contribution is 0.117. The van der Waals surface area contributed by atoms with E-state index in [1.54, 1.807) is 0 Å². The summed E-state index contributed by atoms with van der Waals surface area (Å²) >= 11 is 5.97. The molecular weight excluding hydrogens is 254 g/mol. The third-order valence-corrected chi connectivity index (χ3v) is 4.80. The van der Waals surface area contributed by atoms with Gasteiger partial charge >= 0.3 is 0 Å². The molecule has 0 aromatic heterocycles. The van der Waals surface area contributed by atoms with Crippen LogP contribution in [-0.2, 0) is 6.42 Å². The van der Waals surface area contributed by atoms with Gasteiger partial charge in [-0.05, 0) is 74.2 Å². The van der Waals surface area contributed by atoms with Crippen molar-refractivity contribution in [2.45, 2.75) is 39.5 Å². The van der Waals surface area contributed by atoms with E-state index in [1.807, 2.05) is 12.1 Å². The van der Waals surface area contributed by atoms with Gasteiger partial charge in [0.15, 0.2) is 0 Å². The van der Waals surface area contributed by atoms with E-state index >= 15 is 0 Å². The van der Waals surface area contributed by atoms with E-state index in [0.29, 0.717) is 5.41 Å². The van der Waals surface area contributed by atoms with Gasteiger partial charge in [0.1, 0.15) is 0 Å². The Morgan fingerprint density at radius 1 is 1.21 bits per heavy atom. The molecule has 1 aromatic carbocycles. The summed E-state index contributed by atoms with van der Waals surface area (Å²) in [6, 6.07) is 8.39. The molecular formula is C17H26ClN. The van der Waals surface area contributed by atoms with Crippen LogP contribution in [0.25, 0.3) is 0 Å². The minimum absolute atomic E-state index is 0.501. The molecule has 1 fully saturated rings. The average Bonchev–Trinajstić information content (AvgIpc) is 2.35. The van der Waals surface area contributed by atoms with E-state index in [-0.39, 0.29) is 0 Å². The Bertz CT molecular complexity index is 396. The van der Waals surface area contributed by atoms with Crippen molar-refractivity contribution in [3.05, 3.63) is 34.9 Å². The van der Waals surface area contributed by atoms with Gasteiger partial charge in [0.05, 0.1) is 0 Å². The second-order valence-corrected chi connectivity index (χ2v) is 7.25. The molecule has 1 saturated carbocycles. The number of rotatable bonds is 4. The Morgan fingerprint density at radius 3 is 2.53 bits per heavy atom. The third-order valence-electron chi connectivity index (χ3n) is 4.55. The van der Waals surface area contributed by atoms with Gasteiger partial charge in [-0.3, -0.25) is 0 Å². The van der Waals surface area contributed by atoms with Gasteiger partial charge in [0.2, 0.25) is 0 Å². The molecule has 0 amide bonds. The first-order valence-electron chi connectivity index (χ1n) is 7.39. The fourth-order valence-electron chi connectivity index (χ4n) is 3.48. The average molecular weight is 280 g/mol. The molecule has 0 aliphatic heterocycles. The van der Waals surface area contributed by atoms with E-state index < -0.39 is 0 Å². The van der Waals surface area contributed by atoms with Crippen LogP contribution < -0.4 is 5.32 Å². The smallest absolute Gasteiger partial charge is 0.0406 e. The molecule has 2 heteroatoms. The predicted molar refractivity (Wildman–Crippen MR) is 83.7 cm³/mol. The van der Waals surface area contributed by atoms with Gasteiger partial charge in [-0.1, -0.05) is 37.6 Å². The van der Waals surface area contributed by atoms with Crippen molar-refractivity contribution >= 4 is 11.6 Å². The van der Waals surface area contributed by atoms with Crippen LogP contribution in [0.2, 0.25) is 5.02 Å². The standard InChI is InChI=1S/C17H26ClN/c1-17(2)9-8-14(12-19-3)15(11-17)10-13-4-6-16(18)7-5-13/h4-7,14-15,19H,8-12H2,1-3H3. The Kier molecular flexibility index (Phi) is 4.92. The van der Waals surface area contributed by atoms with Crippen molar-refractivity contribution < 1.29 is 0 Å². The first-order valence-corrected chi connectivity index (χ1v) is 7.77. The Hall–Kier alpha value is -0.530. The summed E-state index contributed by atoms with van der Waals surface area (Å²) in [5, 5.41) is 4.20. The Labute approximate surface area is 122 Å². The topological polar surface area (TPSA) is 12.0 Å². The summed E-state index contributed by atoms with van der Waals surface area (Å²) in [6.07, 6.45) is 5.23. The normalized spacial score (nSPS) is 26.3. The summed E-state index contributed by atoms with van der Waals surface area (Å²) in [7, 11) is 2.07. The summed E-state index contributed by atoms with van der Waals surface area (Å²) in [5.74, 6) is 1.60. The lowest BCUT2D eigenvalue weighted by Crippen LogP contribution is -2.36. The maximum atomic E-state index is 5.97. The van der Waals surface area contributed by atoms with Gasteiger partial charge in [0.25, 0.3) is 0 Å². The van der Waals surface area contributed by atoms with Crippen molar-refractivity contribution in [3.63, 3.8) is 0 Å². The first-order chi connectivity index (χ1) is 9.00. The van der Waals surface area contributed by atoms with Crippen LogP contribution in [0.15, 0.2) is 24.3 Å². The maximum absolute atomic E-state index is 5.97. The highest BCUT2D eigenvalue weighted by atomic mass is 35.5. The van der Waals surface area contributed by atoms with Gasteiger partial charge in [-0.15, -0.1) is 0 Å². The van der Waals surface area contributed by atoms with Crippen molar-refractivity contribution in [3.8, 4) is 0 Å². The summed E-state index contributed by atoms with van der Waals surface area (Å²) in [6.45, 7) is 5.98. The van der Waals surface area contributed by atoms with Crippen LogP contribution in [0.5, 0.6) is 0 Å². The van der Waals surface area contributed by atoms with E-state index in [4.69, 9.17) is 11.6 Å².